The van der Waals surface area contributed by atoms with Crippen molar-refractivity contribution in [3.8, 4) is 0 Å². The van der Waals surface area contributed by atoms with Crippen molar-refractivity contribution in [3.63, 3.8) is 0 Å². The quantitative estimate of drug-likeness (QED) is 0.419. The summed E-state index contributed by atoms with van der Waals surface area (Å²) in [6.45, 7) is 3.24. The standard InChI is InChI=1S/C30H30N4O/c1-34-19-18-31-29(27-8-3-2-6-25(27)21-34)15-12-22-10-13-23(14-11-22)30(35)32-17-16-24-20-33-28-9-5-4-7-26(24)28/h2-15,20,33H,16-19,21H2,1H3,(H,32,35)/b15-12+,31-29?. The van der Waals surface area contributed by atoms with E-state index in [1.165, 1.54) is 22.1 Å². The fraction of sp³-hybridized carbons (Fsp3) is 0.200. The minimum Gasteiger partial charge on any atom is -0.361 e. The number of nitrogens with zero attached hydrogens (tertiary/aromatic N) is 2. The summed E-state index contributed by atoms with van der Waals surface area (Å²) in [4.78, 5) is 23.0. The van der Waals surface area contributed by atoms with Crippen LogP contribution in [0.4, 0.5) is 0 Å². The fourth-order valence-corrected chi connectivity index (χ4v) is 4.52. The summed E-state index contributed by atoms with van der Waals surface area (Å²) >= 11 is 0. The minimum absolute atomic E-state index is 0.0530. The number of aromatic amines is 1. The first-order valence-electron chi connectivity index (χ1n) is 12.1. The van der Waals surface area contributed by atoms with E-state index in [1.807, 2.05) is 42.6 Å². The molecule has 0 fully saturated rings. The highest BCUT2D eigenvalue weighted by Crippen LogP contribution is 2.18. The van der Waals surface area contributed by atoms with Crippen LogP contribution in [0.3, 0.4) is 0 Å². The molecule has 1 aliphatic rings. The molecule has 0 bridgehead atoms. The van der Waals surface area contributed by atoms with E-state index in [9.17, 15) is 4.79 Å². The van der Waals surface area contributed by atoms with E-state index in [2.05, 4.69) is 70.8 Å². The first kappa shape index (κ1) is 22.8. The number of aromatic nitrogens is 1. The number of amides is 1. The number of carbonyl (C=O) groups is 1. The number of rotatable bonds is 6. The maximum Gasteiger partial charge on any atom is 0.251 e. The molecule has 0 atom stereocenters. The Bertz CT molecular complexity index is 1380. The molecule has 5 heteroatoms. The van der Waals surface area contributed by atoms with E-state index >= 15 is 0 Å². The molecule has 0 aliphatic carbocycles. The van der Waals surface area contributed by atoms with Gasteiger partial charge in [-0.15, -0.1) is 0 Å². The van der Waals surface area contributed by atoms with Crippen molar-refractivity contribution in [2.24, 2.45) is 4.99 Å². The number of benzene rings is 3. The molecule has 2 heterocycles. The van der Waals surface area contributed by atoms with Crippen molar-refractivity contribution in [2.75, 3.05) is 26.7 Å². The summed E-state index contributed by atoms with van der Waals surface area (Å²) in [7, 11) is 2.13. The maximum atomic E-state index is 12.6. The molecule has 4 aromatic rings. The largest absolute Gasteiger partial charge is 0.361 e. The molecule has 5 rings (SSSR count). The van der Waals surface area contributed by atoms with Gasteiger partial charge in [-0.1, -0.05) is 60.7 Å². The van der Waals surface area contributed by atoms with Crippen molar-refractivity contribution >= 4 is 28.6 Å². The van der Waals surface area contributed by atoms with E-state index in [0.717, 1.165) is 42.8 Å². The van der Waals surface area contributed by atoms with Crippen LogP contribution >= 0.6 is 0 Å². The molecule has 35 heavy (non-hydrogen) atoms. The summed E-state index contributed by atoms with van der Waals surface area (Å²) in [6.07, 6.45) is 6.96. The molecule has 1 aromatic heterocycles. The number of allylic oxidation sites excluding steroid dienone is 1. The molecule has 0 radical (unpaired) electrons. The van der Waals surface area contributed by atoms with Gasteiger partial charge in [0.2, 0.25) is 0 Å². The van der Waals surface area contributed by atoms with E-state index in [4.69, 9.17) is 4.99 Å². The lowest BCUT2D eigenvalue weighted by atomic mass is 10.0. The average Bonchev–Trinajstić information content (AvgIpc) is 3.29. The molecule has 176 valence electrons. The topological polar surface area (TPSA) is 60.5 Å². The van der Waals surface area contributed by atoms with Gasteiger partial charge in [0.25, 0.3) is 5.91 Å². The van der Waals surface area contributed by atoms with Crippen LogP contribution in [0.5, 0.6) is 0 Å². The van der Waals surface area contributed by atoms with Crippen LogP contribution in [-0.4, -0.2) is 48.2 Å². The fourth-order valence-electron chi connectivity index (χ4n) is 4.52. The number of nitrogens with one attached hydrogen (secondary N) is 2. The van der Waals surface area contributed by atoms with Gasteiger partial charge in [-0.2, -0.15) is 0 Å². The minimum atomic E-state index is -0.0530. The van der Waals surface area contributed by atoms with Crippen LogP contribution in [0, 0.1) is 0 Å². The molecule has 2 N–H and O–H groups in total. The molecule has 5 nitrogen and oxygen atoms in total. The Balaban J connectivity index is 1.21. The van der Waals surface area contributed by atoms with E-state index in [1.54, 1.807) is 0 Å². The van der Waals surface area contributed by atoms with Crippen LogP contribution < -0.4 is 5.32 Å². The Hall–Kier alpha value is -3.96. The number of aliphatic imine (C=N–C) groups is 1. The predicted octanol–water partition coefficient (Wildman–Crippen LogP) is 5.09. The highest BCUT2D eigenvalue weighted by atomic mass is 16.1. The van der Waals surface area contributed by atoms with Crippen LogP contribution in [-0.2, 0) is 13.0 Å². The first-order valence-corrected chi connectivity index (χ1v) is 12.1. The lowest BCUT2D eigenvalue weighted by Gasteiger charge is -2.21. The third kappa shape index (κ3) is 5.42. The number of para-hydroxylation sites is 1. The highest BCUT2D eigenvalue weighted by molar-refractivity contribution is 6.11. The van der Waals surface area contributed by atoms with Gasteiger partial charge in [0.15, 0.2) is 0 Å². The number of hydrogen-bond donors (Lipinski definition) is 2. The third-order valence-electron chi connectivity index (χ3n) is 6.46. The second-order valence-electron chi connectivity index (χ2n) is 8.98. The van der Waals surface area contributed by atoms with Crippen LogP contribution in [0.2, 0.25) is 0 Å². The van der Waals surface area contributed by atoms with Gasteiger partial charge in [0.05, 0.1) is 12.3 Å². The molecule has 1 aliphatic heterocycles. The number of fused-ring (bicyclic) bond motifs is 2. The second-order valence-corrected chi connectivity index (χ2v) is 8.98. The van der Waals surface area contributed by atoms with Gasteiger partial charge < -0.3 is 15.2 Å². The van der Waals surface area contributed by atoms with Crippen LogP contribution in [0.25, 0.3) is 17.0 Å². The van der Waals surface area contributed by atoms with Gasteiger partial charge in [-0.05, 0) is 54.4 Å². The van der Waals surface area contributed by atoms with Crippen molar-refractivity contribution in [1.82, 2.24) is 15.2 Å². The summed E-state index contributed by atoms with van der Waals surface area (Å²) in [5.41, 5.74) is 7.52. The third-order valence-corrected chi connectivity index (χ3v) is 6.46. The summed E-state index contributed by atoms with van der Waals surface area (Å²) in [5.74, 6) is -0.0530. The van der Waals surface area contributed by atoms with Crippen molar-refractivity contribution in [2.45, 2.75) is 13.0 Å². The second kappa shape index (κ2) is 10.5. The molecule has 3 aromatic carbocycles. The zero-order valence-corrected chi connectivity index (χ0v) is 20.0. The lowest BCUT2D eigenvalue weighted by molar-refractivity contribution is 0.0954. The van der Waals surface area contributed by atoms with Gasteiger partial charge in [0.1, 0.15) is 0 Å². The van der Waals surface area contributed by atoms with Crippen LogP contribution in [0.1, 0.15) is 32.6 Å². The van der Waals surface area contributed by atoms with E-state index in [-0.39, 0.29) is 5.91 Å². The highest BCUT2D eigenvalue weighted by Gasteiger charge is 2.12. The molecular weight excluding hydrogens is 432 g/mol. The molecule has 0 unspecified atom stereocenters. The maximum absolute atomic E-state index is 12.6. The van der Waals surface area contributed by atoms with E-state index < -0.39 is 0 Å². The van der Waals surface area contributed by atoms with Crippen molar-refractivity contribution in [3.05, 3.63) is 113 Å². The SMILES string of the molecule is CN1CCN=C(/C=C/c2ccc(C(=O)NCCc3c[nH]c4ccccc34)cc2)c2ccccc2C1. The Morgan fingerprint density at radius 2 is 1.83 bits per heavy atom. The zero-order valence-electron chi connectivity index (χ0n) is 20.0. The zero-order chi connectivity index (χ0) is 24.0. The monoisotopic (exact) mass is 462 g/mol. The van der Waals surface area contributed by atoms with Gasteiger partial charge in [-0.3, -0.25) is 9.79 Å². The summed E-state index contributed by atoms with van der Waals surface area (Å²) in [6, 6.07) is 24.4. The molecular formula is C30H30N4O. The summed E-state index contributed by atoms with van der Waals surface area (Å²) < 4.78 is 0. The number of carbonyl (C=O) groups excluding carboxylic acids is 1. The predicted molar refractivity (Wildman–Crippen MR) is 144 cm³/mol. The number of hydrogen-bond acceptors (Lipinski definition) is 3. The number of likely N-dealkylation sites (N-methyl/N-ethyl adjacent to an activating group) is 1. The van der Waals surface area contributed by atoms with Gasteiger partial charge >= 0.3 is 0 Å². The van der Waals surface area contributed by atoms with Gasteiger partial charge in [0, 0.05) is 47.9 Å². The lowest BCUT2D eigenvalue weighted by Crippen LogP contribution is -2.25. The molecule has 1 amide bonds. The Labute approximate surface area is 206 Å². The van der Waals surface area contributed by atoms with Crippen molar-refractivity contribution in [1.29, 1.82) is 0 Å². The Morgan fingerprint density at radius 3 is 2.71 bits per heavy atom. The number of H-pyrrole nitrogens is 1. The summed E-state index contributed by atoms with van der Waals surface area (Å²) in [5, 5.41) is 4.25. The van der Waals surface area contributed by atoms with Crippen molar-refractivity contribution < 1.29 is 4.79 Å². The van der Waals surface area contributed by atoms with E-state index in [0.29, 0.717) is 12.1 Å². The Kier molecular flexibility index (Phi) is 6.87. The Morgan fingerprint density at radius 1 is 1.03 bits per heavy atom. The first-order chi connectivity index (χ1) is 17.2. The average molecular weight is 463 g/mol. The van der Waals surface area contributed by atoms with Gasteiger partial charge in [-0.25, -0.2) is 0 Å². The molecule has 0 saturated heterocycles. The smallest absolute Gasteiger partial charge is 0.251 e. The molecule has 0 spiro atoms. The van der Waals surface area contributed by atoms with Crippen LogP contribution in [0.15, 0.2) is 90.1 Å². The normalized spacial score (nSPS) is 14.4. The molecule has 0 saturated carbocycles.